The van der Waals surface area contributed by atoms with Gasteiger partial charge in [0.1, 0.15) is 0 Å². The van der Waals surface area contributed by atoms with E-state index in [1.807, 2.05) is 6.07 Å². The SMILES string of the molecule is CC(c1cccc(Br)c1)N1CCC(N2C(=O)CCCC2=O)CC1. The maximum Gasteiger partial charge on any atom is 0.229 e. The molecule has 2 amide bonds. The van der Waals surface area contributed by atoms with Crippen LogP contribution in [0.1, 0.15) is 50.6 Å². The molecule has 1 aromatic carbocycles. The van der Waals surface area contributed by atoms with Crippen LogP contribution < -0.4 is 0 Å². The van der Waals surface area contributed by atoms with Crippen molar-refractivity contribution in [3.8, 4) is 0 Å². The molecule has 3 rings (SSSR count). The summed E-state index contributed by atoms with van der Waals surface area (Å²) in [5.74, 6) is 0.0551. The molecule has 1 aromatic rings. The van der Waals surface area contributed by atoms with Gasteiger partial charge in [0.05, 0.1) is 0 Å². The number of carbonyl (C=O) groups excluding carboxylic acids is 2. The van der Waals surface area contributed by atoms with Crippen molar-refractivity contribution in [1.82, 2.24) is 9.80 Å². The van der Waals surface area contributed by atoms with Crippen LogP contribution in [0.3, 0.4) is 0 Å². The second-order valence-corrected chi connectivity index (χ2v) is 7.42. The highest BCUT2D eigenvalue weighted by atomic mass is 79.9. The molecule has 0 bridgehead atoms. The van der Waals surface area contributed by atoms with Crippen LogP contribution in [0.4, 0.5) is 0 Å². The van der Waals surface area contributed by atoms with Crippen molar-refractivity contribution in [3.63, 3.8) is 0 Å². The second kappa shape index (κ2) is 7.14. The number of imide groups is 1. The molecule has 2 saturated heterocycles. The van der Waals surface area contributed by atoms with Gasteiger partial charge in [-0.1, -0.05) is 28.1 Å². The molecule has 2 aliphatic heterocycles. The molecular weight excluding hydrogens is 356 g/mol. The molecule has 23 heavy (non-hydrogen) atoms. The van der Waals surface area contributed by atoms with E-state index in [2.05, 4.69) is 46.0 Å². The van der Waals surface area contributed by atoms with Crippen molar-refractivity contribution in [2.24, 2.45) is 0 Å². The third-order valence-corrected chi connectivity index (χ3v) is 5.55. The Bertz CT molecular complexity index is 580. The summed E-state index contributed by atoms with van der Waals surface area (Å²) in [4.78, 5) is 28.1. The molecule has 0 aliphatic carbocycles. The molecule has 0 N–H and O–H groups in total. The van der Waals surface area contributed by atoms with E-state index >= 15 is 0 Å². The normalized spacial score (nSPS) is 22.4. The Kier molecular flexibility index (Phi) is 5.17. The topological polar surface area (TPSA) is 40.6 Å². The summed E-state index contributed by atoms with van der Waals surface area (Å²) in [7, 11) is 0. The number of rotatable bonds is 3. The van der Waals surface area contributed by atoms with Crippen LogP contribution >= 0.6 is 15.9 Å². The number of carbonyl (C=O) groups is 2. The molecule has 2 fully saturated rings. The van der Waals surface area contributed by atoms with Gasteiger partial charge in [-0.25, -0.2) is 0 Å². The Morgan fingerprint density at radius 3 is 2.39 bits per heavy atom. The first-order valence-electron chi connectivity index (χ1n) is 8.40. The lowest BCUT2D eigenvalue weighted by molar-refractivity contribution is -0.152. The van der Waals surface area contributed by atoms with Crippen molar-refractivity contribution in [2.45, 2.75) is 51.1 Å². The molecule has 0 spiro atoms. The molecule has 124 valence electrons. The quantitative estimate of drug-likeness (QED) is 0.755. The van der Waals surface area contributed by atoms with Gasteiger partial charge >= 0.3 is 0 Å². The zero-order chi connectivity index (χ0) is 16.4. The van der Waals surface area contributed by atoms with Crippen molar-refractivity contribution in [1.29, 1.82) is 0 Å². The minimum Gasteiger partial charge on any atom is -0.296 e. The Balaban J connectivity index is 1.62. The van der Waals surface area contributed by atoms with Crippen LogP contribution in [-0.2, 0) is 9.59 Å². The summed E-state index contributed by atoms with van der Waals surface area (Å²) in [6.07, 6.45) is 3.54. The zero-order valence-electron chi connectivity index (χ0n) is 13.5. The molecule has 1 unspecified atom stereocenters. The van der Waals surface area contributed by atoms with E-state index in [4.69, 9.17) is 0 Å². The monoisotopic (exact) mass is 378 g/mol. The van der Waals surface area contributed by atoms with Gasteiger partial charge in [-0.15, -0.1) is 0 Å². The van der Waals surface area contributed by atoms with E-state index in [1.165, 1.54) is 5.56 Å². The van der Waals surface area contributed by atoms with Gasteiger partial charge in [0.2, 0.25) is 11.8 Å². The number of hydrogen-bond donors (Lipinski definition) is 0. The third kappa shape index (κ3) is 3.66. The van der Waals surface area contributed by atoms with Crippen LogP contribution in [0, 0.1) is 0 Å². The Hall–Kier alpha value is -1.20. The third-order valence-electron chi connectivity index (χ3n) is 5.06. The van der Waals surface area contributed by atoms with E-state index in [0.29, 0.717) is 25.3 Å². The predicted molar refractivity (Wildman–Crippen MR) is 92.9 cm³/mol. The first kappa shape index (κ1) is 16.7. The number of benzene rings is 1. The Morgan fingerprint density at radius 1 is 1.13 bits per heavy atom. The van der Waals surface area contributed by atoms with E-state index in [1.54, 1.807) is 4.90 Å². The van der Waals surface area contributed by atoms with Gasteiger partial charge < -0.3 is 0 Å². The first-order valence-corrected chi connectivity index (χ1v) is 9.20. The first-order chi connectivity index (χ1) is 11.1. The minimum atomic E-state index is 0.0275. The Labute approximate surface area is 146 Å². The van der Waals surface area contributed by atoms with Gasteiger partial charge in [0.15, 0.2) is 0 Å². The summed E-state index contributed by atoms with van der Waals surface area (Å²) in [6.45, 7) is 4.07. The van der Waals surface area contributed by atoms with E-state index in [-0.39, 0.29) is 17.9 Å². The van der Waals surface area contributed by atoms with Gasteiger partial charge in [-0.05, 0) is 43.9 Å². The van der Waals surface area contributed by atoms with Crippen LogP contribution in [0.15, 0.2) is 28.7 Å². The highest BCUT2D eigenvalue weighted by Gasteiger charge is 2.35. The zero-order valence-corrected chi connectivity index (χ0v) is 15.1. The molecule has 2 aliphatic rings. The minimum absolute atomic E-state index is 0.0275. The number of likely N-dealkylation sites (tertiary alicyclic amines) is 2. The Morgan fingerprint density at radius 2 is 1.78 bits per heavy atom. The lowest BCUT2D eigenvalue weighted by Crippen LogP contribution is -2.51. The van der Waals surface area contributed by atoms with Gasteiger partial charge in [0, 0.05) is 42.5 Å². The maximum absolute atomic E-state index is 12.1. The fraction of sp³-hybridized carbons (Fsp3) is 0.556. The molecule has 0 radical (unpaired) electrons. The van der Waals surface area contributed by atoms with Gasteiger partial charge in [-0.2, -0.15) is 0 Å². The smallest absolute Gasteiger partial charge is 0.229 e. The maximum atomic E-state index is 12.1. The van der Waals surface area contributed by atoms with E-state index in [9.17, 15) is 9.59 Å². The number of nitrogens with zero attached hydrogens (tertiary/aromatic N) is 2. The average molecular weight is 379 g/mol. The predicted octanol–water partition coefficient (Wildman–Crippen LogP) is 3.51. The second-order valence-electron chi connectivity index (χ2n) is 6.51. The van der Waals surface area contributed by atoms with Gasteiger partial charge in [0.25, 0.3) is 0 Å². The summed E-state index contributed by atoms with van der Waals surface area (Å²) in [6, 6.07) is 8.86. The van der Waals surface area contributed by atoms with Crippen molar-refractivity contribution in [3.05, 3.63) is 34.3 Å². The van der Waals surface area contributed by atoms with Crippen LogP contribution in [-0.4, -0.2) is 40.7 Å². The largest absolute Gasteiger partial charge is 0.296 e. The fourth-order valence-electron chi connectivity index (χ4n) is 3.69. The molecule has 0 saturated carbocycles. The molecule has 2 heterocycles. The molecular formula is C18H23BrN2O2. The van der Waals surface area contributed by atoms with Crippen molar-refractivity contribution in [2.75, 3.05) is 13.1 Å². The summed E-state index contributed by atoms with van der Waals surface area (Å²) in [5, 5.41) is 0. The molecule has 4 nitrogen and oxygen atoms in total. The highest BCUT2D eigenvalue weighted by molar-refractivity contribution is 9.10. The number of hydrogen-bond acceptors (Lipinski definition) is 3. The molecule has 0 aromatic heterocycles. The number of piperidine rings is 2. The van der Waals surface area contributed by atoms with Crippen LogP contribution in [0.2, 0.25) is 0 Å². The highest BCUT2D eigenvalue weighted by Crippen LogP contribution is 2.29. The summed E-state index contributed by atoms with van der Waals surface area (Å²) in [5.41, 5.74) is 1.29. The lowest BCUT2D eigenvalue weighted by atomic mass is 9.97. The van der Waals surface area contributed by atoms with E-state index in [0.717, 1.165) is 30.4 Å². The number of amides is 2. The summed E-state index contributed by atoms with van der Waals surface area (Å²) >= 11 is 3.53. The molecule has 5 heteroatoms. The van der Waals surface area contributed by atoms with E-state index < -0.39 is 0 Å². The van der Waals surface area contributed by atoms with Crippen molar-refractivity contribution >= 4 is 27.7 Å². The standard InChI is InChI=1S/C18H23BrN2O2/c1-13(14-4-2-5-15(19)12-14)20-10-8-16(9-11-20)21-17(22)6-3-7-18(21)23/h2,4-5,12-13,16H,3,6-11H2,1H3. The average Bonchev–Trinajstić information content (AvgIpc) is 2.55. The molecule has 1 atom stereocenters. The lowest BCUT2D eigenvalue weighted by Gasteiger charge is -2.41. The van der Waals surface area contributed by atoms with Crippen molar-refractivity contribution < 1.29 is 9.59 Å². The fourth-order valence-corrected chi connectivity index (χ4v) is 4.10. The van der Waals surface area contributed by atoms with Gasteiger partial charge in [-0.3, -0.25) is 19.4 Å². The number of halogens is 1. The van der Waals surface area contributed by atoms with Crippen LogP contribution in [0.25, 0.3) is 0 Å². The van der Waals surface area contributed by atoms with Crippen LogP contribution in [0.5, 0.6) is 0 Å². The summed E-state index contributed by atoms with van der Waals surface area (Å²) < 4.78 is 1.10.